The molecule has 0 unspecified atom stereocenters. The maximum absolute atomic E-state index is 13.8. The van der Waals surface area contributed by atoms with Gasteiger partial charge in [-0.15, -0.1) is 0 Å². The van der Waals surface area contributed by atoms with Gasteiger partial charge in [0.25, 0.3) is 0 Å². The summed E-state index contributed by atoms with van der Waals surface area (Å²) >= 11 is 3.92. The fourth-order valence-electron chi connectivity index (χ4n) is 5.76. The second-order valence-corrected chi connectivity index (χ2v) is 9.43. The summed E-state index contributed by atoms with van der Waals surface area (Å²) in [5.41, 5.74) is 3.91. The van der Waals surface area contributed by atoms with Gasteiger partial charge in [0.2, 0.25) is 11.8 Å². The molecule has 2 atom stereocenters. The number of hydrogen-bond donors (Lipinski definition) is 0. The van der Waals surface area contributed by atoms with Crippen molar-refractivity contribution in [1.82, 2.24) is 0 Å². The summed E-state index contributed by atoms with van der Waals surface area (Å²) in [4.78, 5) is 40.3. The van der Waals surface area contributed by atoms with Gasteiger partial charge in [0.1, 0.15) is 0 Å². The molecule has 0 radical (unpaired) electrons. The van der Waals surface area contributed by atoms with Crippen molar-refractivity contribution in [2.75, 3.05) is 4.90 Å². The number of halogens is 1. The topological polar surface area (TPSA) is 77.5 Å². The van der Waals surface area contributed by atoms with Crippen LogP contribution in [0.1, 0.15) is 38.5 Å². The highest BCUT2D eigenvalue weighted by atomic mass is 79.9. The van der Waals surface area contributed by atoms with Crippen molar-refractivity contribution < 1.29 is 19.5 Å². The Labute approximate surface area is 186 Å². The standard InChI is InChI=1S/C25H16BrNO4/c26-25-16-10-4-1-7-13(16)19(14-8-2-5-11-17(14)25)20-21(25)23(29)27(22(20)28)18-12-6-3-9-15(18)24(30)31/h1-12,19-21H,(H,30,31)/p-1/t19?,20-,21+,25?/m0/s1. The van der Waals surface area contributed by atoms with E-state index >= 15 is 0 Å². The number of carboxylic acid groups (broad SMARTS) is 1. The van der Waals surface area contributed by atoms with Crippen LogP contribution in [0.3, 0.4) is 0 Å². The van der Waals surface area contributed by atoms with Crippen molar-refractivity contribution in [2.24, 2.45) is 11.8 Å². The first kappa shape index (κ1) is 18.5. The second-order valence-electron chi connectivity index (χ2n) is 8.18. The number of nitrogens with zero attached hydrogens (tertiary/aromatic N) is 1. The Morgan fingerprint density at radius 2 is 1.39 bits per heavy atom. The number of carbonyl (C=O) groups is 3. The first-order valence-corrected chi connectivity index (χ1v) is 10.8. The maximum Gasteiger partial charge on any atom is 0.239 e. The third kappa shape index (κ3) is 2.13. The summed E-state index contributed by atoms with van der Waals surface area (Å²) in [6, 6.07) is 21.8. The molecule has 7 rings (SSSR count). The Balaban J connectivity index is 1.62. The van der Waals surface area contributed by atoms with Gasteiger partial charge in [-0.25, -0.2) is 4.90 Å². The van der Waals surface area contributed by atoms with Gasteiger partial charge in [0.05, 0.1) is 27.8 Å². The van der Waals surface area contributed by atoms with E-state index in [4.69, 9.17) is 0 Å². The molecule has 152 valence electrons. The van der Waals surface area contributed by atoms with Crippen LogP contribution in [0.25, 0.3) is 0 Å². The van der Waals surface area contributed by atoms with E-state index < -0.39 is 28.0 Å². The molecule has 2 amide bonds. The fourth-order valence-corrected chi connectivity index (χ4v) is 6.96. The zero-order valence-electron chi connectivity index (χ0n) is 16.1. The monoisotopic (exact) mass is 472 g/mol. The summed E-state index contributed by atoms with van der Waals surface area (Å²) in [7, 11) is 0. The normalized spacial score (nSPS) is 27.6. The number of rotatable bonds is 2. The van der Waals surface area contributed by atoms with E-state index in [9.17, 15) is 19.5 Å². The molecule has 3 aromatic rings. The lowest BCUT2D eigenvalue weighted by molar-refractivity contribution is -0.254. The first-order chi connectivity index (χ1) is 15.0. The van der Waals surface area contributed by atoms with Crippen molar-refractivity contribution in [1.29, 1.82) is 0 Å². The van der Waals surface area contributed by atoms with Crippen molar-refractivity contribution >= 4 is 39.4 Å². The molecule has 0 N–H and O–H groups in total. The molecule has 1 saturated heterocycles. The largest absolute Gasteiger partial charge is 0.545 e. The van der Waals surface area contributed by atoms with E-state index in [0.29, 0.717) is 0 Å². The predicted octanol–water partition coefficient (Wildman–Crippen LogP) is 2.95. The molecule has 1 aliphatic heterocycles. The van der Waals surface area contributed by atoms with Gasteiger partial charge in [0, 0.05) is 11.5 Å². The van der Waals surface area contributed by atoms with Gasteiger partial charge in [-0.05, 0) is 28.3 Å². The van der Waals surface area contributed by atoms with Crippen molar-refractivity contribution in [3.05, 3.63) is 101 Å². The van der Waals surface area contributed by atoms with Crippen molar-refractivity contribution in [3.8, 4) is 0 Å². The van der Waals surface area contributed by atoms with Crippen LogP contribution < -0.4 is 10.0 Å². The number of hydrogen-bond acceptors (Lipinski definition) is 4. The Hall–Kier alpha value is -3.25. The fraction of sp³-hybridized carbons (Fsp3) is 0.160. The quantitative estimate of drug-likeness (QED) is 0.424. The van der Waals surface area contributed by atoms with Crippen molar-refractivity contribution in [3.63, 3.8) is 0 Å². The molecular formula is C25H15BrNO4-. The zero-order valence-corrected chi connectivity index (χ0v) is 17.7. The molecule has 1 heterocycles. The molecular weight excluding hydrogens is 458 g/mol. The number of imide groups is 1. The summed E-state index contributed by atoms with van der Waals surface area (Å²) < 4.78 is -0.864. The summed E-state index contributed by atoms with van der Waals surface area (Å²) in [6.45, 7) is 0. The SMILES string of the molecule is O=C([O-])c1ccccc1N1C(=O)[C@H]2C3c4ccccc4C(Br)(c4ccccc43)[C@H]2C1=O. The molecule has 4 aliphatic rings. The average molecular weight is 473 g/mol. The highest BCUT2D eigenvalue weighted by Gasteiger charge is 2.67. The van der Waals surface area contributed by atoms with E-state index in [1.165, 1.54) is 12.1 Å². The Morgan fingerprint density at radius 1 is 0.839 bits per heavy atom. The lowest BCUT2D eigenvalue weighted by atomic mass is 9.55. The van der Waals surface area contributed by atoms with Gasteiger partial charge in [-0.3, -0.25) is 9.59 Å². The van der Waals surface area contributed by atoms with Crippen LogP contribution >= 0.6 is 15.9 Å². The molecule has 1 fully saturated rings. The van der Waals surface area contributed by atoms with E-state index in [1.54, 1.807) is 12.1 Å². The average Bonchev–Trinajstić information content (AvgIpc) is 3.05. The molecule has 2 bridgehead atoms. The molecule has 6 heteroatoms. The summed E-state index contributed by atoms with van der Waals surface area (Å²) in [6.07, 6.45) is 0. The van der Waals surface area contributed by atoms with Crippen molar-refractivity contribution in [2.45, 2.75) is 10.2 Å². The minimum absolute atomic E-state index is 0.0653. The number of para-hydroxylation sites is 1. The van der Waals surface area contributed by atoms with Gasteiger partial charge in [0.15, 0.2) is 0 Å². The molecule has 3 aromatic carbocycles. The number of anilines is 1. The molecule has 0 aromatic heterocycles. The van der Waals surface area contributed by atoms with Crippen LogP contribution in [0.5, 0.6) is 0 Å². The van der Waals surface area contributed by atoms with Gasteiger partial charge >= 0.3 is 0 Å². The van der Waals surface area contributed by atoms with E-state index in [2.05, 4.69) is 15.9 Å². The highest BCUT2D eigenvalue weighted by molar-refractivity contribution is 9.09. The maximum atomic E-state index is 13.8. The van der Waals surface area contributed by atoms with E-state index in [-0.39, 0.29) is 23.1 Å². The number of aromatic carboxylic acids is 1. The van der Waals surface area contributed by atoms with Crippen LogP contribution in [0.2, 0.25) is 0 Å². The Morgan fingerprint density at radius 3 is 2.00 bits per heavy atom. The minimum atomic E-state index is -1.42. The van der Waals surface area contributed by atoms with Gasteiger partial charge < -0.3 is 9.90 Å². The Kier molecular flexibility index (Phi) is 3.67. The first-order valence-electron chi connectivity index (χ1n) is 10.0. The third-order valence-electron chi connectivity index (χ3n) is 6.88. The number of carbonyl (C=O) groups excluding carboxylic acids is 3. The van der Waals surface area contributed by atoms with E-state index in [1.807, 2.05) is 48.5 Å². The lowest BCUT2D eigenvalue weighted by Gasteiger charge is -2.51. The number of benzene rings is 3. The summed E-state index contributed by atoms with van der Waals surface area (Å²) in [5.74, 6) is -3.75. The summed E-state index contributed by atoms with van der Waals surface area (Å²) in [5, 5.41) is 11.7. The van der Waals surface area contributed by atoms with Crippen LogP contribution in [-0.4, -0.2) is 17.8 Å². The molecule has 31 heavy (non-hydrogen) atoms. The van der Waals surface area contributed by atoms with Crippen LogP contribution in [0, 0.1) is 11.8 Å². The number of carboxylic acids is 1. The third-order valence-corrected chi connectivity index (χ3v) is 8.23. The molecule has 5 nitrogen and oxygen atoms in total. The van der Waals surface area contributed by atoms with Gasteiger partial charge in [-0.1, -0.05) is 82.7 Å². The smallest absolute Gasteiger partial charge is 0.239 e. The van der Waals surface area contributed by atoms with E-state index in [0.717, 1.165) is 27.2 Å². The van der Waals surface area contributed by atoms with Crippen LogP contribution in [-0.2, 0) is 13.9 Å². The van der Waals surface area contributed by atoms with Crippen LogP contribution in [0.4, 0.5) is 5.69 Å². The number of alkyl halides is 1. The number of amides is 2. The molecule has 3 aliphatic carbocycles. The molecule has 0 saturated carbocycles. The molecule has 0 spiro atoms. The zero-order chi connectivity index (χ0) is 21.5. The minimum Gasteiger partial charge on any atom is -0.545 e. The second kappa shape index (κ2) is 6.14. The highest BCUT2D eigenvalue weighted by Crippen LogP contribution is 2.66. The van der Waals surface area contributed by atoms with Gasteiger partial charge in [-0.2, -0.15) is 0 Å². The lowest BCUT2D eigenvalue weighted by Crippen LogP contribution is -2.50. The predicted molar refractivity (Wildman–Crippen MR) is 115 cm³/mol. The van der Waals surface area contributed by atoms with Crippen LogP contribution in [0.15, 0.2) is 72.8 Å². The Bertz CT molecular complexity index is 1270.